The lowest BCUT2D eigenvalue weighted by Crippen LogP contribution is -2.31. The van der Waals surface area contributed by atoms with Crippen LogP contribution >= 0.6 is 11.3 Å². The van der Waals surface area contributed by atoms with Crippen molar-refractivity contribution in [1.82, 2.24) is 4.72 Å². The molecule has 0 bridgehead atoms. The predicted molar refractivity (Wildman–Crippen MR) is 86.9 cm³/mol. The summed E-state index contributed by atoms with van der Waals surface area (Å²) in [6.07, 6.45) is 0. The van der Waals surface area contributed by atoms with Gasteiger partial charge in [0, 0.05) is 0 Å². The van der Waals surface area contributed by atoms with Crippen LogP contribution in [-0.4, -0.2) is 27.4 Å². The lowest BCUT2D eigenvalue weighted by atomic mass is 10.2. The van der Waals surface area contributed by atoms with Gasteiger partial charge in [0.05, 0.1) is 29.4 Å². The third kappa shape index (κ3) is 4.41. The molecule has 24 heavy (non-hydrogen) atoms. The topological polar surface area (TPSA) is 113 Å². The van der Waals surface area contributed by atoms with Gasteiger partial charge >= 0.3 is 5.97 Å². The van der Waals surface area contributed by atoms with Gasteiger partial charge in [0.25, 0.3) is 5.91 Å². The van der Waals surface area contributed by atoms with Crippen LogP contribution in [0.2, 0.25) is 0 Å². The zero-order valence-electron chi connectivity index (χ0n) is 12.5. The van der Waals surface area contributed by atoms with E-state index in [9.17, 15) is 18.0 Å². The number of nitrogens with zero attached hydrogens (tertiary/aromatic N) is 1. The van der Waals surface area contributed by atoms with Gasteiger partial charge in [-0.1, -0.05) is 12.1 Å². The molecule has 2 rings (SSSR count). The van der Waals surface area contributed by atoms with E-state index in [1.807, 2.05) is 10.8 Å². The highest BCUT2D eigenvalue weighted by Crippen LogP contribution is 2.18. The fraction of sp³-hybridized carbons (Fsp3) is 0.133. The van der Waals surface area contributed by atoms with Crippen molar-refractivity contribution in [3.8, 4) is 6.07 Å². The maximum Gasteiger partial charge on any atom is 0.348 e. The molecule has 0 aliphatic carbocycles. The van der Waals surface area contributed by atoms with E-state index in [0.717, 1.165) is 11.3 Å². The van der Waals surface area contributed by atoms with Gasteiger partial charge in [-0.05, 0) is 29.8 Å². The largest absolute Gasteiger partial charge is 0.465 e. The Hall–Kier alpha value is -2.70. The summed E-state index contributed by atoms with van der Waals surface area (Å²) in [5, 5.41) is 8.71. The van der Waals surface area contributed by atoms with Crippen LogP contribution in [0.15, 0.2) is 36.4 Å². The van der Waals surface area contributed by atoms with Crippen LogP contribution in [0.25, 0.3) is 0 Å². The normalized spacial score (nSPS) is 10.7. The summed E-state index contributed by atoms with van der Waals surface area (Å²) in [5.74, 6) is -1.82. The molecule has 0 saturated heterocycles. The molecule has 2 aromatic rings. The minimum atomic E-state index is -3.91. The van der Waals surface area contributed by atoms with Gasteiger partial charge in [0.2, 0.25) is 10.0 Å². The second-order valence-corrected chi connectivity index (χ2v) is 7.46. The standard InChI is InChI=1S/C15H12N2O5S2/c1-22-15(19)13-7-6-12(23-13)14(18)17-24(20,21)9-11-4-2-10(8-16)3-5-11/h2-7H,9H2,1H3,(H,17,18). The number of amides is 1. The number of sulfonamides is 1. The van der Waals surface area contributed by atoms with E-state index in [1.165, 1.54) is 43.5 Å². The molecule has 0 fully saturated rings. The molecule has 1 aromatic carbocycles. The predicted octanol–water partition coefficient (Wildman–Crippen LogP) is 1.67. The Kier molecular flexibility index (Phi) is 5.33. The second-order valence-electron chi connectivity index (χ2n) is 4.65. The first-order valence-corrected chi connectivity index (χ1v) is 9.03. The molecule has 0 aliphatic heterocycles. The summed E-state index contributed by atoms with van der Waals surface area (Å²) in [5.41, 5.74) is 0.852. The Morgan fingerprint density at radius 1 is 1.17 bits per heavy atom. The quantitative estimate of drug-likeness (QED) is 0.807. The maximum atomic E-state index is 12.1. The molecule has 0 atom stereocenters. The van der Waals surface area contributed by atoms with Crippen molar-refractivity contribution in [1.29, 1.82) is 5.26 Å². The molecule has 0 spiro atoms. The Labute approximate surface area is 142 Å². The van der Waals surface area contributed by atoms with Gasteiger partial charge < -0.3 is 4.74 Å². The average molecular weight is 364 g/mol. The first-order valence-electron chi connectivity index (χ1n) is 6.56. The van der Waals surface area contributed by atoms with Crippen molar-refractivity contribution in [3.63, 3.8) is 0 Å². The fourth-order valence-corrected chi connectivity index (χ4v) is 3.77. The Morgan fingerprint density at radius 3 is 2.38 bits per heavy atom. The lowest BCUT2D eigenvalue weighted by molar-refractivity contribution is 0.0606. The van der Waals surface area contributed by atoms with E-state index in [-0.39, 0.29) is 9.75 Å². The number of rotatable bonds is 5. The molecular formula is C15H12N2O5S2. The highest BCUT2D eigenvalue weighted by molar-refractivity contribution is 7.89. The molecule has 0 aliphatic rings. The molecule has 0 radical (unpaired) electrons. The maximum absolute atomic E-state index is 12.1. The van der Waals surface area contributed by atoms with Crippen molar-refractivity contribution in [2.75, 3.05) is 7.11 Å². The monoisotopic (exact) mass is 364 g/mol. The summed E-state index contributed by atoms with van der Waals surface area (Å²) >= 11 is 0.839. The molecule has 7 nitrogen and oxygen atoms in total. The van der Waals surface area contributed by atoms with Gasteiger partial charge in [-0.3, -0.25) is 4.79 Å². The molecule has 1 N–H and O–H groups in total. The zero-order chi connectivity index (χ0) is 17.7. The number of methoxy groups -OCH3 is 1. The van der Waals surface area contributed by atoms with Gasteiger partial charge in [-0.25, -0.2) is 17.9 Å². The molecule has 1 heterocycles. The number of hydrogen-bond donors (Lipinski definition) is 1. The number of nitriles is 1. The van der Waals surface area contributed by atoms with Gasteiger partial charge in [-0.15, -0.1) is 11.3 Å². The van der Waals surface area contributed by atoms with Crippen molar-refractivity contribution < 1.29 is 22.7 Å². The fourth-order valence-electron chi connectivity index (χ4n) is 1.79. The van der Waals surface area contributed by atoms with Crippen LogP contribution in [-0.2, 0) is 20.5 Å². The number of carbonyl (C=O) groups is 2. The number of carbonyl (C=O) groups excluding carboxylic acids is 2. The third-order valence-electron chi connectivity index (χ3n) is 2.90. The number of nitrogens with one attached hydrogen (secondary N) is 1. The van der Waals surface area contributed by atoms with E-state index >= 15 is 0 Å². The highest BCUT2D eigenvalue weighted by Gasteiger charge is 2.20. The van der Waals surface area contributed by atoms with Crippen LogP contribution in [0.3, 0.4) is 0 Å². The first-order chi connectivity index (χ1) is 11.3. The van der Waals surface area contributed by atoms with E-state index in [0.29, 0.717) is 11.1 Å². The zero-order valence-corrected chi connectivity index (χ0v) is 14.1. The van der Waals surface area contributed by atoms with E-state index in [4.69, 9.17) is 5.26 Å². The number of benzene rings is 1. The number of ether oxygens (including phenoxy) is 1. The van der Waals surface area contributed by atoms with Crippen molar-refractivity contribution in [3.05, 3.63) is 57.3 Å². The number of thiophene rings is 1. The van der Waals surface area contributed by atoms with Crippen LogP contribution in [0.5, 0.6) is 0 Å². The smallest absolute Gasteiger partial charge is 0.348 e. The second kappa shape index (κ2) is 7.25. The van der Waals surface area contributed by atoms with E-state index in [1.54, 1.807) is 0 Å². The van der Waals surface area contributed by atoms with E-state index in [2.05, 4.69) is 4.74 Å². The summed E-state index contributed by atoms with van der Waals surface area (Å²) in [7, 11) is -2.70. The molecule has 0 saturated carbocycles. The minimum absolute atomic E-state index is 0.0822. The SMILES string of the molecule is COC(=O)c1ccc(C(=O)NS(=O)(=O)Cc2ccc(C#N)cc2)s1. The third-order valence-corrected chi connectivity index (χ3v) is 5.18. The van der Waals surface area contributed by atoms with E-state index < -0.39 is 27.7 Å². The lowest BCUT2D eigenvalue weighted by Gasteiger charge is -2.06. The van der Waals surface area contributed by atoms with Crippen molar-refractivity contribution in [2.45, 2.75) is 5.75 Å². The number of esters is 1. The molecule has 1 aromatic heterocycles. The highest BCUT2D eigenvalue weighted by atomic mass is 32.2. The molecule has 0 unspecified atom stereocenters. The van der Waals surface area contributed by atoms with Crippen LogP contribution in [0.4, 0.5) is 0 Å². The Bertz CT molecular complexity index is 908. The molecule has 124 valence electrons. The van der Waals surface area contributed by atoms with Crippen LogP contribution in [0.1, 0.15) is 30.5 Å². The summed E-state index contributed by atoms with van der Waals surface area (Å²) in [6, 6.07) is 10.7. The van der Waals surface area contributed by atoms with Crippen molar-refractivity contribution in [2.24, 2.45) is 0 Å². The van der Waals surface area contributed by atoms with Crippen LogP contribution < -0.4 is 4.72 Å². The molecule has 1 amide bonds. The van der Waals surface area contributed by atoms with Crippen molar-refractivity contribution >= 4 is 33.2 Å². The minimum Gasteiger partial charge on any atom is -0.465 e. The summed E-state index contributed by atoms with van der Waals surface area (Å²) < 4.78 is 30.6. The first kappa shape index (κ1) is 17.7. The van der Waals surface area contributed by atoms with Gasteiger partial charge in [0.1, 0.15) is 4.88 Å². The Morgan fingerprint density at radius 2 is 1.79 bits per heavy atom. The average Bonchev–Trinajstić information content (AvgIpc) is 3.04. The summed E-state index contributed by atoms with van der Waals surface area (Å²) in [4.78, 5) is 23.6. The van der Waals surface area contributed by atoms with Crippen LogP contribution in [0, 0.1) is 11.3 Å². The van der Waals surface area contributed by atoms with Gasteiger partial charge in [-0.2, -0.15) is 5.26 Å². The Balaban J connectivity index is 2.07. The number of hydrogen-bond acceptors (Lipinski definition) is 7. The molecular weight excluding hydrogens is 352 g/mol. The molecule has 9 heteroatoms. The summed E-state index contributed by atoms with van der Waals surface area (Å²) in [6.45, 7) is 0. The van der Waals surface area contributed by atoms with Gasteiger partial charge in [0.15, 0.2) is 0 Å².